The molecule has 2 amide bonds. The summed E-state index contributed by atoms with van der Waals surface area (Å²) < 4.78 is 15.7. The van der Waals surface area contributed by atoms with Gasteiger partial charge < -0.3 is 21.1 Å². The zero-order valence-electron chi connectivity index (χ0n) is 21.1. The number of aliphatic hydroxyl groups excluding tert-OH is 1. The maximum absolute atomic E-state index is 15.7. The second-order valence-electron chi connectivity index (χ2n) is 11.8. The van der Waals surface area contributed by atoms with Crippen LogP contribution in [0.3, 0.4) is 0 Å². The third-order valence-electron chi connectivity index (χ3n) is 7.97. The third kappa shape index (κ3) is 4.54. The van der Waals surface area contributed by atoms with Gasteiger partial charge in [-0.15, -0.1) is 0 Å². The van der Waals surface area contributed by atoms with E-state index >= 15 is 4.39 Å². The Morgan fingerprint density at radius 1 is 1.22 bits per heavy atom. The lowest BCUT2D eigenvalue weighted by Crippen LogP contribution is -2.49. The summed E-state index contributed by atoms with van der Waals surface area (Å²) in [6, 6.07) is 8.34. The predicted octanol–water partition coefficient (Wildman–Crippen LogP) is 4.91. The molecule has 0 radical (unpaired) electrons. The fraction of sp³-hybridized carbons (Fsp3) is 0.500. The number of amides is 2. The Bertz CT molecular complexity index is 1250. The van der Waals surface area contributed by atoms with Gasteiger partial charge in [0.05, 0.1) is 17.2 Å². The molecule has 5 rings (SSSR count). The van der Waals surface area contributed by atoms with Gasteiger partial charge in [-0.25, -0.2) is 4.39 Å². The number of halogens is 3. The van der Waals surface area contributed by atoms with Crippen LogP contribution in [0.2, 0.25) is 10.0 Å². The van der Waals surface area contributed by atoms with Crippen LogP contribution >= 0.6 is 23.2 Å². The van der Waals surface area contributed by atoms with Gasteiger partial charge in [0.1, 0.15) is 11.2 Å². The standard InChI is InChI=1S/C28H32Cl2FN3O3/c1-27(2,3)13-21-28(18-10-7-14(29)11-20(18)33-26(28)37)22(17-5-4-6-19(30)23(17)31)24(34-21)25(36)32-15-8-9-16(35)12-15/h4-7,10-11,15-16,21-22,24,34-35H,8-9,12-13H2,1-3H3,(H,32,36)(H,33,37)/t15?,16-,21+,22-,24+,28-/m0/s1. The Hall–Kier alpha value is -2.19. The minimum absolute atomic E-state index is 0.0697. The number of carbonyl (C=O) groups excluding carboxylic acids is 2. The first kappa shape index (κ1) is 26.4. The van der Waals surface area contributed by atoms with Crippen molar-refractivity contribution in [3.05, 3.63) is 63.4 Å². The smallest absolute Gasteiger partial charge is 0.238 e. The zero-order chi connectivity index (χ0) is 26.7. The molecular formula is C28H32Cl2FN3O3. The van der Waals surface area contributed by atoms with Crippen LogP contribution in [0.5, 0.6) is 0 Å². The summed E-state index contributed by atoms with van der Waals surface area (Å²) in [4.78, 5) is 27.9. The number of rotatable bonds is 4. The molecule has 0 bridgehead atoms. The highest BCUT2D eigenvalue weighted by molar-refractivity contribution is 6.31. The molecule has 2 aliphatic heterocycles. The number of anilines is 1. The SMILES string of the molecule is CC(C)(C)C[C@H]1N[C@@H](C(=O)NC2CC[C@H](O)C2)[C@H](c2cccc(Cl)c2F)[C@@]12C(=O)Nc1cc(Cl)ccc12. The van der Waals surface area contributed by atoms with Gasteiger partial charge >= 0.3 is 0 Å². The molecule has 1 saturated heterocycles. The van der Waals surface area contributed by atoms with Gasteiger partial charge in [0.25, 0.3) is 0 Å². The van der Waals surface area contributed by atoms with Crippen LogP contribution in [0.25, 0.3) is 0 Å². The van der Waals surface area contributed by atoms with E-state index in [1.807, 2.05) is 0 Å². The average molecular weight is 548 g/mol. The number of hydrogen-bond acceptors (Lipinski definition) is 4. The number of carbonyl (C=O) groups is 2. The summed E-state index contributed by atoms with van der Waals surface area (Å²) in [6.07, 6.45) is 1.83. The van der Waals surface area contributed by atoms with E-state index in [-0.39, 0.29) is 33.9 Å². The summed E-state index contributed by atoms with van der Waals surface area (Å²) in [5.41, 5.74) is -0.0415. The van der Waals surface area contributed by atoms with E-state index in [4.69, 9.17) is 23.2 Å². The highest BCUT2D eigenvalue weighted by Crippen LogP contribution is 2.57. The molecule has 2 aromatic rings. The predicted molar refractivity (Wildman–Crippen MR) is 142 cm³/mol. The lowest BCUT2D eigenvalue weighted by atomic mass is 9.62. The topological polar surface area (TPSA) is 90.5 Å². The summed E-state index contributed by atoms with van der Waals surface area (Å²) >= 11 is 12.5. The minimum atomic E-state index is -1.28. The highest BCUT2D eigenvalue weighted by Gasteiger charge is 2.66. The second kappa shape index (κ2) is 9.53. The molecule has 1 spiro atoms. The fourth-order valence-corrected chi connectivity index (χ4v) is 6.89. The van der Waals surface area contributed by atoms with Gasteiger partial charge in [0, 0.05) is 28.7 Å². The molecule has 0 aromatic heterocycles. The molecule has 3 aliphatic rings. The van der Waals surface area contributed by atoms with Crippen molar-refractivity contribution in [1.82, 2.24) is 10.6 Å². The van der Waals surface area contributed by atoms with Crippen molar-refractivity contribution in [3.8, 4) is 0 Å². The van der Waals surface area contributed by atoms with Gasteiger partial charge in [-0.05, 0) is 60.4 Å². The third-order valence-corrected chi connectivity index (χ3v) is 8.50. The molecule has 198 valence electrons. The highest BCUT2D eigenvalue weighted by atomic mass is 35.5. The maximum atomic E-state index is 15.7. The Morgan fingerprint density at radius 2 is 1.97 bits per heavy atom. The van der Waals surface area contributed by atoms with E-state index in [1.54, 1.807) is 30.3 Å². The van der Waals surface area contributed by atoms with Crippen molar-refractivity contribution in [2.24, 2.45) is 5.41 Å². The average Bonchev–Trinajstić information content (AvgIpc) is 3.44. The monoisotopic (exact) mass is 547 g/mol. The Labute approximate surface area is 226 Å². The van der Waals surface area contributed by atoms with Gasteiger partial charge in [-0.3, -0.25) is 9.59 Å². The van der Waals surface area contributed by atoms with Gasteiger partial charge in [-0.1, -0.05) is 62.2 Å². The van der Waals surface area contributed by atoms with Crippen molar-refractivity contribution in [2.45, 2.75) is 82.0 Å². The summed E-state index contributed by atoms with van der Waals surface area (Å²) in [5.74, 6) is -2.15. The fourth-order valence-electron chi connectivity index (χ4n) is 6.53. The van der Waals surface area contributed by atoms with Crippen LogP contribution in [0.4, 0.5) is 10.1 Å². The van der Waals surface area contributed by atoms with Gasteiger partial charge in [0.2, 0.25) is 11.8 Å². The van der Waals surface area contributed by atoms with Gasteiger partial charge in [-0.2, -0.15) is 0 Å². The number of aliphatic hydroxyl groups is 1. The van der Waals surface area contributed by atoms with E-state index < -0.39 is 35.3 Å². The number of fused-ring (bicyclic) bond motifs is 2. The summed E-state index contributed by atoms with van der Waals surface area (Å²) in [5, 5.41) is 19.9. The lowest BCUT2D eigenvalue weighted by Gasteiger charge is -2.37. The van der Waals surface area contributed by atoms with Crippen molar-refractivity contribution in [3.63, 3.8) is 0 Å². The first-order valence-electron chi connectivity index (χ1n) is 12.7. The van der Waals surface area contributed by atoms with E-state index in [2.05, 4.69) is 36.7 Å². The van der Waals surface area contributed by atoms with Crippen LogP contribution in [-0.2, 0) is 15.0 Å². The van der Waals surface area contributed by atoms with Crippen molar-refractivity contribution >= 4 is 40.7 Å². The van der Waals surface area contributed by atoms with Crippen LogP contribution < -0.4 is 16.0 Å². The maximum Gasteiger partial charge on any atom is 0.238 e. The molecule has 6 nitrogen and oxygen atoms in total. The first-order chi connectivity index (χ1) is 17.4. The lowest BCUT2D eigenvalue weighted by molar-refractivity contribution is -0.124. The quantitative estimate of drug-likeness (QED) is 0.437. The largest absolute Gasteiger partial charge is 0.393 e. The van der Waals surface area contributed by atoms with Crippen molar-refractivity contribution in [2.75, 3.05) is 5.32 Å². The Morgan fingerprint density at radius 3 is 2.65 bits per heavy atom. The van der Waals surface area contributed by atoms with Crippen LogP contribution in [0.1, 0.15) is 63.5 Å². The van der Waals surface area contributed by atoms with E-state index in [0.717, 1.165) is 0 Å². The molecule has 37 heavy (non-hydrogen) atoms. The van der Waals surface area contributed by atoms with Crippen molar-refractivity contribution in [1.29, 1.82) is 0 Å². The van der Waals surface area contributed by atoms with E-state index in [0.29, 0.717) is 42.0 Å². The second-order valence-corrected chi connectivity index (χ2v) is 12.6. The minimum Gasteiger partial charge on any atom is -0.393 e. The molecule has 4 N–H and O–H groups in total. The number of nitrogens with one attached hydrogen (secondary N) is 3. The molecule has 1 aliphatic carbocycles. The van der Waals surface area contributed by atoms with Crippen LogP contribution in [0, 0.1) is 11.2 Å². The number of benzene rings is 2. The van der Waals surface area contributed by atoms with Gasteiger partial charge in [0.15, 0.2) is 0 Å². The van der Waals surface area contributed by atoms with E-state index in [9.17, 15) is 14.7 Å². The Kier molecular flexibility index (Phi) is 6.80. The summed E-state index contributed by atoms with van der Waals surface area (Å²) in [6.45, 7) is 6.21. The van der Waals surface area contributed by atoms with E-state index in [1.165, 1.54) is 6.07 Å². The molecule has 2 fully saturated rings. The zero-order valence-corrected chi connectivity index (χ0v) is 22.6. The first-order valence-corrected chi connectivity index (χ1v) is 13.5. The van der Waals surface area contributed by atoms with Crippen molar-refractivity contribution < 1.29 is 19.1 Å². The molecule has 2 aromatic carbocycles. The normalized spacial score (nSPS) is 31.0. The Balaban J connectivity index is 1.70. The molecule has 6 atom stereocenters. The molecule has 1 unspecified atom stereocenters. The molecule has 1 saturated carbocycles. The van der Waals surface area contributed by atoms with Crippen LogP contribution in [-0.4, -0.2) is 41.2 Å². The van der Waals surface area contributed by atoms with Crippen LogP contribution in [0.15, 0.2) is 36.4 Å². The number of hydrogen-bond donors (Lipinski definition) is 4. The molecular weight excluding hydrogens is 516 g/mol. The molecule has 2 heterocycles. The summed E-state index contributed by atoms with van der Waals surface area (Å²) in [7, 11) is 0. The molecule has 9 heteroatoms.